The first-order chi connectivity index (χ1) is 10.0. The van der Waals surface area contributed by atoms with Gasteiger partial charge in [-0.15, -0.1) is 10.2 Å². The number of nitrogens with one attached hydrogen (secondary N) is 1. The Bertz CT molecular complexity index is 616. The van der Waals surface area contributed by atoms with E-state index in [0.29, 0.717) is 34.0 Å². The first kappa shape index (κ1) is 15.9. The Morgan fingerprint density at radius 3 is 2.90 bits per heavy atom. The average Bonchev–Trinajstić information content (AvgIpc) is 2.87. The van der Waals surface area contributed by atoms with Gasteiger partial charge < -0.3 is 9.73 Å². The minimum Gasteiger partial charge on any atom is -0.416 e. The fraction of sp³-hybridized carbons (Fsp3) is 0.357. The van der Waals surface area contributed by atoms with Crippen LogP contribution in [0.1, 0.15) is 32.1 Å². The number of thioether (sulfide) groups is 1. The van der Waals surface area contributed by atoms with Gasteiger partial charge in [-0.3, -0.25) is 4.79 Å². The molecule has 1 aromatic carbocycles. The molecule has 2 aromatic rings. The van der Waals surface area contributed by atoms with Crippen molar-refractivity contribution >= 4 is 35.0 Å². The molecule has 0 atom stereocenters. The molecule has 112 valence electrons. The topological polar surface area (TPSA) is 68.0 Å². The zero-order valence-electron chi connectivity index (χ0n) is 11.8. The molecule has 0 saturated carbocycles. The number of amides is 1. The van der Waals surface area contributed by atoms with Crippen molar-refractivity contribution in [2.45, 2.75) is 31.4 Å². The highest BCUT2D eigenvalue weighted by Gasteiger charge is 2.10. The summed E-state index contributed by atoms with van der Waals surface area (Å²) in [7, 11) is 0. The number of carbonyl (C=O) groups excluding carboxylic acids is 1. The van der Waals surface area contributed by atoms with Gasteiger partial charge in [0.05, 0.1) is 0 Å². The average molecular weight is 326 g/mol. The normalized spacial score (nSPS) is 10.9. The molecule has 0 unspecified atom stereocenters. The lowest BCUT2D eigenvalue weighted by Crippen LogP contribution is -2.12. The van der Waals surface area contributed by atoms with E-state index in [0.717, 1.165) is 0 Å². The fourth-order valence-electron chi connectivity index (χ4n) is 1.53. The van der Waals surface area contributed by atoms with Gasteiger partial charge in [0.1, 0.15) is 0 Å². The Morgan fingerprint density at radius 2 is 2.24 bits per heavy atom. The molecule has 1 aromatic heterocycles. The van der Waals surface area contributed by atoms with Crippen LogP contribution in [0, 0.1) is 0 Å². The first-order valence-electron chi connectivity index (χ1n) is 6.56. The third-order valence-corrected chi connectivity index (χ3v) is 3.63. The SMILES string of the molecule is CC(C)c1nnc(SCCC(=O)Nc2cccc(Cl)c2)o1. The van der Waals surface area contributed by atoms with Crippen molar-refractivity contribution in [1.82, 2.24) is 10.2 Å². The molecule has 0 aliphatic rings. The second-order valence-electron chi connectivity index (χ2n) is 4.72. The highest BCUT2D eigenvalue weighted by Crippen LogP contribution is 2.21. The summed E-state index contributed by atoms with van der Waals surface area (Å²) in [4.78, 5) is 11.8. The largest absolute Gasteiger partial charge is 0.416 e. The molecule has 2 rings (SSSR count). The van der Waals surface area contributed by atoms with E-state index in [2.05, 4.69) is 15.5 Å². The van der Waals surface area contributed by atoms with Crippen molar-refractivity contribution in [1.29, 1.82) is 0 Å². The predicted octanol–water partition coefficient (Wildman–Crippen LogP) is 3.97. The number of anilines is 1. The van der Waals surface area contributed by atoms with Gasteiger partial charge in [0.2, 0.25) is 11.8 Å². The first-order valence-corrected chi connectivity index (χ1v) is 7.92. The Kier molecular flexibility index (Phi) is 5.64. The van der Waals surface area contributed by atoms with Gasteiger partial charge in [-0.05, 0) is 18.2 Å². The number of nitrogens with zero attached hydrogens (tertiary/aromatic N) is 2. The third-order valence-electron chi connectivity index (χ3n) is 2.58. The van der Waals surface area contributed by atoms with Crippen LogP contribution < -0.4 is 5.32 Å². The number of aromatic nitrogens is 2. The van der Waals surface area contributed by atoms with Crippen LogP contribution in [0.5, 0.6) is 0 Å². The van der Waals surface area contributed by atoms with Crippen molar-refractivity contribution < 1.29 is 9.21 Å². The van der Waals surface area contributed by atoms with Gasteiger partial charge in [-0.1, -0.05) is 43.3 Å². The predicted molar refractivity (Wildman–Crippen MR) is 83.8 cm³/mol. The summed E-state index contributed by atoms with van der Waals surface area (Å²) in [6.45, 7) is 3.97. The van der Waals surface area contributed by atoms with Crippen LogP contribution in [0.25, 0.3) is 0 Å². The maximum atomic E-state index is 11.8. The second-order valence-corrected chi connectivity index (χ2v) is 6.20. The monoisotopic (exact) mass is 325 g/mol. The molecule has 7 heteroatoms. The molecule has 1 N–H and O–H groups in total. The molecule has 1 amide bonds. The van der Waals surface area contributed by atoms with Gasteiger partial charge in [-0.2, -0.15) is 0 Å². The molecule has 0 radical (unpaired) electrons. The van der Waals surface area contributed by atoms with E-state index in [1.807, 2.05) is 13.8 Å². The molecule has 1 heterocycles. The van der Waals surface area contributed by atoms with Crippen LogP contribution in [-0.2, 0) is 4.79 Å². The highest BCUT2D eigenvalue weighted by molar-refractivity contribution is 7.99. The van der Waals surface area contributed by atoms with Crippen LogP contribution >= 0.6 is 23.4 Å². The summed E-state index contributed by atoms with van der Waals surface area (Å²) < 4.78 is 5.45. The highest BCUT2D eigenvalue weighted by atomic mass is 35.5. The summed E-state index contributed by atoms with van der Waals surface area (Å²) in [5, 5.41) is 11.7. The van der Waals surface area contributed by atoms with Gasteiger partial charge in [0.15, 0.2) is 0 Å². The lowest BCUT2D eigenvalue weighted by molar-refractivity contribution is -0.115. The van der Waals surface area contributed by atoms with Crippen molar-refractivity contribution in [3.8, 4) is 0 Å². The maximum Gasteiger partial charge on any atom is 0.276 e. The van der Waals surface area contributed by atoms with Gasteiger partial charge in [0, 0.05) is 28.8 Å². The van der Waals surface area contributed by atoms with Crippen molar-refractivity contribution in [3.63, 3.8) is 0 Å². The van der Waals surface area contributed by atoms with Crippen molar-refractivity contribution in [2.75, 3.05) is 11.1 Å². The van der Waals surface area contributed by atoms with Crippen LogP contribution in [0.2, 0.25) is 5.02 Å². The summed E-state index contributed by atoms with van der Waals surface area (Å²) in [5.41, 5.74) is 0.692. The van der Waals surface area contributed by atoms with Gasteiger partial charge >= 0.3 is 0 Å². The van der Waals surface area contributed by atoms with Crippen LogP contribution in [0.4, 0.5) is 5.69 Å². The smallest absolute Gasteiger partial charge is 0.276 e. The van der Waals surface area contributed by atoms with Crippen LogP contribution in [0.15, 0.2) is 33.9 Å². The molecule has 0 spiro atoms. The number of hydrogen-bond acceptors (Lipinski definition) is 5. The Balaban J connectivity index is 1.76. The Hall–Kier alpha value is -1.53. The van der Waals surface area contributed by atoms with Crippen molar-refractivity contribution in [2.24, 2.45) is 0 Å². The maximum absolute atomic E-state index is 11.8. The summed E-state index contributed by atoms with van der Waals surface area (Å²) in [6.07, 6.45) is 0.358. The lowest BCUT2D eigenvalue weighted by atomic mass is 10.2. The second kappa shape index (κ2) is 7.47. The van der Waals surface area contributed by atoms with E-state index in [9.17, 15) is 4.79 Å². The Labute approximate surface area is 132 Å². The van der Waals surface area contributed by atoms with Gasteiger partial charge in [0.25, 0.3) is 5.22 Å². The zero-order chi connectivity index (χ0) is 15.2. The quantitative estimate of drug-likeness (QED) is 0.814. The van der Waals surface area contributed by atoms with E-state index in [1.165, 1.54) is 11.8 Å². The standard InChI is InChI=1S/C14H16ClN3O2S/c1-9(2)13-17-18-14(20-13)21-7-6-12(19)16-11-5-3-4-10(15)8-11/h3-5,8-9H,6-7H2,1-2H3,(H,16,19). The number of carbonyl (C=O) groups is 1. The van der Waals surface area contributed by atoms with Crippen LogP contribution in [-0.4, -0.2) is 21.9 Å². The minimum atomic E-state index is -0.0756. The minimum absolute atomic E-state index is 0.0756. The van der Waals surface area contributed by atoms with Crippen LogP contribution in [0.3, 0.4) is 0 Å². The number of benzene rings is 1. The van der Waals surface area contributed by atoms with E-state index in [4.69, 9.17) is 16.0 Å². The molecule has 0 aliphatic carbocycles. The zero-order valence-corrected chi connectivity index (χ0v) is 13.4. The van der Waals surface area contributed by atoms with E-state index in [1.54, 1.807) is 24.3 Å². The molecule has 21 heavy (non-hydrogen) atoms. The lowest BCUT2D eigenvalue weighted by Gasteiger charge is -2.04. The molecule has 0 aliphatic heterocycles. The third kappa shape index (κ3) is 5.06. The van der Waals surface area contributed by atoms with E-state index >= 15 is 0 Å². The Morgan fingerprint density at radius 1 is 1.43 bits per heavy atom. The molecule has 0 bridgehead atoms. The summed E-state index contributed by atoms with van der Waals surface area (Å²) in [6, 6.07) is 7.05. The van der Waals surface area contributed by atoms with Crippen molar-refractivity contribution in [3.05, 3.63) is 35.2 Å². The number of hydrogen-bond donors (Lipinski definition) is 1. The summed E-state index contributed by atoms with van der Waals surface area (Å²) in [5.74, 6) is 1.32. The number of halogens is 1. The molecule has 5 nitrogen and oxygen atoms in total. The number of rotatable bonds is 6. The fourth-order valence-corrected chi connectivity index (χ4v) is 2.43. The molecule has 0 saturated heterocycles. The van der Waals surface area contributed by atoms with E-state index < -0.39 is 0 Å². The molecular formula is C14H16ClN3O2S. The molecule has 0 fully saturated rings. The van der Waals surface area contributed by atoms with E-state index in [-0.39, 0.29) is 11.8 Å². The van der Waals surface area contributed by atoms with Gasteiger partial charge in [-0.25, -0.2) is 0 Å². The summed E-state index contributed by atoms with van der Waals surface area (Å²) >= 11 is 7.23. The molecular weight excluding hydrogens is 310 g/mol.